The van der Waals surface area contributed by atoms with E-state index in [1.807, 2.05) is 0 Å². The molecule has 0 N–H and O–H groups in total. The average molecular weight is 229 g/mol. The largest absolute Gasteiger partial charge is 0.882 e. The van der Waals surface area contributed by atoms with E-state index in [2.05, 4.69) is 34.6 Å². The van der Waals surface area contributed by atoms with Crippen molar-refractivity contribution in [1.29, 1.82) is 0 Å². The molecule has 0 aromatic rings. The minimum absolute atomic E-state index is 0.111. The summed E-state index contributed by atoms with van der Waals surface area (Å²) in [5.74, 6) is 0. The van der Waals surface area contributed by atoms with E-state index in [-0.39, 0.29) is 7.48 Å². The molecule has 0 saturated heterocycles. The first-order valence-electron chi connectivity index (χ1n) is 7.09. The zero-order chi connectivity index (χ0) is 12.9. The summed E-state index contributed by atoms with van der Waals surface area (Å²) in [4.78, 5) is 0. The molecule has 0 heterocycles. The van der Waals surface area contributed by atoms with Crippen LogP contribution in [0.15, 0.2) is 0 Å². The minimum Gasteiger partial charge on any atom is -0.882 e. The highest BCUT2D eigenvalue weighted by atomic mass is 16.2. The quantitative estimate of drug-likeness (QED) is 0.355. The smallest absolute Gasteiger partial charge is 0.0757 e. The number of hydrogen-bond donors (Lipinski definition) is 0. The molecule has 0 radical (unpaired) electrons. The lowest BCUT2D eigenvalue weighted by molar-refractivity contribution is -0.921. The van der Waals surface area contributed by atoms with Gasteiger partial charge in [-0.25, -0.2) is 0 Å². The van der Waals surface area contributed by atoms with E-state index in [9.17, 15) is 5.02 Å². The molecule has 0 fully saturated rings. The second kappa shape index (κ2) is 13.1. The van der Waals surface area contributed by atoms with Gasteiger partial charge in [-0.3, -0.25) is 0 Å². The maximum atomic E-state index is 9.80. The van der Waals surface area contributed by atoms with Gasteiger partial charge in [-0.15, -0.1) is 0 Å². The first-order valence-corrected chi connectivity index (χ1v) is 7.09. The SMILES string of the molecule is CCCCCB[O-].CC[N+](CC)(CC)CC. The van der Waals surface area contributed by atoms with Gasteiger partial charge in [0.15, 0.2) is 0 Å². The molecule has 0 aliphatic rings. The average Bonchev–Trinajstić information content (AvgIpc) is 2.34. The molecule has 0 amide bonds. The molecule has 0 aliphatic carbocycles. The van der Waals surface area contributed by atoms with Gasteiger partial charge in [0.05, 0.1) is 26.2 Å². The Kier molecular flexibility index (Phi) is 15.0. The highest BCUT2D eigenvalue weighted by molar-refractivity contribution is 6.22. The molecule has 3 heteroatoms. The van der Waals surface area contributed by atoms with Crippen LogP contribution in [0.5, 0.6) is 0 Å². The highest BCUT2D eigenvalue weighted by Crippen LogP contribution is 2.03. The molecule has 0 saturated carbocycles. The molecule has 98 valence electrons. The van der Waals surface area contributed by atoms with E-state index in [1.165, 1.54) is 43.5 Å². The van der Waals surface area contributed by atoms with Crippen LogP contribution in [-0.2, 0) is 0 Å². The highest BCUT2D eigenvalue weighted by Gasteiger charge is 2.16. The summed E-state index contributed by atoms with van der Waals surface area (Å²) in [7, 11) is 0.111. The van der Waals surface area contributed by atoms with Crippen LogP contribution in [0.3, 0.4) is 0 Å². The molecule has 0 aromatic heterocycles. The number of rotatable bonds is 8. The Morgan fingerprint density at radius 2 is 1.25 bits per heavy atom. The first-order chi connectivity index (χ1) is 7.66. The minimum atomic E-state index is 0.111. The van der Waals surface area contributed by atoms with E-state index < -0.39 is 0 Å². The standard InChI is InChI=1S/C8H20N.C5H12BO/c1-5-9(6-2,7-3)8-4;1-2-3-4-5-6-7/h5-8H2,1-4H3;6H,2-5H2,1H3/q+1;-1. The van der Waals surface area contributed by atoms with Gasteiger partial charge >= 0.3 is 0 Å². The summed E-state index contributed by atoms with van der Waals surface area (Å²) in [5.41, 5.74) is 0. The molecule has 0 rings (SSSR count). The van der Waals surface area contributed by atoms with Crippen LogP contribution in [0, 0.1) is 0 Å². The second-order valence-corrected chi connectivity index (χ2v) is 4.37. The Hall–Kier alpha value is -0.0151. The van der Waals surface area contributed by atoms with E-state index in [1.54, 1.807) is 0 Å². The molecular formula is C13H32BNO. The van der Waals surface area contributed by atoms with Crippen LogP contribution in [0.2, 0.25) is 6.32 Å². The van der Waals surface area contributed by atoms with Crippen LogP contribution in [0.25, 0.3) is 0 Å². The van der Waals surface area contributed by atoms with Crippen molar-refractivity contribution in [2.24, 2.45) is 0 Å². The zero-order valence-electron chi connectivity index (χ0n) is 12.2. The molecule has 16 heavy (non-hydrogen) atoms. The fourth-order valence-corrected chi connectivity index (χ4v) is 1.87. The predicted octanol–water partition coefficient (Wildman–Crippen LogP) is 2.19. The van der Waals surface area contributed by atoms with Crippen molar-refractivity contribution in [3.05, 3.63) is 0 Å². The third-order valence-electron chi connectivity index (χ3n) is 3.68. The molecule has 0 unspecified atom stereocenters. The predicted molar refractivity (Wildman–Crippen MR) is 73.9 cm³/mol. The third-order valence-corrected chi connectivity index (χ3v) is 3.68. The lowest BCUT2D eigenvalue weighted by Gasteiger charge is -2.34. The Morgan fingerprint density at radius 1 is 0.812 bits per heavy atom. The van der Waals surface area contributed by atoms with Crippen molar-refractivity contribution in [3.8, 4) is 0 Å². The summed E-state index contributed by atoms with van der Waals surface area (Å²) in [6.07, 6.45) is 4.44. The monoisotopic (exact) mass is 229 g/mol. The molecule has 0 spiro atoms. The summed E-state index contributed by atoms with van der Waals surface area (Å²) in [6, 6.07) is 0. The molecule has 0 aromatic carbocycles. The van der Waals surface area contributed by atoms with Crippen molar-refractivity contribution in [2.45, 2.75) is 60.2 Å². The van der Waals surface area contributed by atoms with Crippen molar-refractivity contribution in [1.82, 2.24) is 0 Å². The Morgan fingerprint density at radius 3 is 1.44 bits per heavy atom. The molecule has 2 nitrogen and oxygen atoms in total. The summed E-state index contributed by atoms with van der Waals surface area (Å²) >= 11 is 0. The number of quaternary nitrogens is 1. The maximum absolute atomic E-state index is 9.80. The number of hydrogen-bond acceptors (Lipinski definition) is 1. The lowest BCUT2D eigenvalue weighted by Crippen LogP contribution is -2.47. The fraction of sp³-hybridized carbons (Fsp3) is 1.00. The molecular weight excluding hydrogens is 197 g/mol. The van der Waals surface area contributed by atoms with Gasteiger partial charge in [-0.2, -0.15) is 0 Å². The maximum Gasteiger partial charge on any atom is 0.0757 e. The van der Waals surface area contributed by atoms with Crippen LogP contribution >= 0.6 is 0 Å². The van der Waals surface area contributed by atoms with Gasteiger partial charge in [0.25, 0.3) is 0 Å². The van der Waals surface area contributed by atoms with Crippen LogP contribution in [0.4, 0.5) is 0 Å². The summed E-state index contributed by atoms with van der Waals surface area (Å²) < 4.78 is 1.28. The van der Waals surface area contributed by atoms with E-state index >= 15 is 0 Å². The lowest BCUT2D eigenvalue weighted by atomic mass is 9.92. The van der Waals surface area contributed by atoms with Crippen molar-refractivity contribution in [2.75, 3.05) is 26.2 Å². The Labute approximate surface area is 104 Å². The van der Waals surface area contributed by atoms with Gasteiger partial charge < -0.3 is 9.51 Å². The van der Waals surface area contributed by atoms with E-state index in [0.29, 0.717) is 0 Å². The summed E-state index contributed by atoms with van der Waals surface area (Å²) in [5, 5.41) is 9.80. The Balaban J connectivity index is 0. The second-order valence-electron chi connectivity index (χ2n) is 4.37. The first kappa shape index (κ1) is 18.4. The van der Waals surface area contributed by atoms with Gasteiger partial charge in [-0.1, -0.05) is 32.5 Å². The normalized spacial score (nSPS) is 10.6. The fourth-order valence-electron chi connectivity index (χ4n) is 1.87. The Bertz CT molecular complexity index is 106. The zero-order valence-corrected chi connectivity index (χ0v) is 12.2. The van der Waals surface area contributed by atoms with Crippen molar-refractivity contribution < 1.29 is 9.51 Å². The van der Waals surface area contributed by atoms with Crippen LogP contribution in [0.1, 0.15) is 53.9 Å². The molecule has 0 aliphatic heterocycles. The number of nitrogens with zero attached hydrogens (tertiary/aromatic N) is 1. The van der Waals surface area contributed by atoms with Crippen molar-refractivity contribution >= 4 is 7.48 Å². The molecule has 0 bridgehead atoms. The van der Waals surface area contributed by atoms with Crippen LogP contribution in [-0.4, -0.2) is 38.1 Å². The van der Waals surface area contributed by atoms with Gasteiger partial charge in [-0.05, 0) is 27.7 Å². The number of unbranched alkanes of at least 4 members (excludes halogenated alkanes) is 2. The van der Waals surface area contributed by atoms with Gasteiger partial charge in [0.2, 0.25) is 0 Å². The van der Waals surface area contributed by atoms with Crippen molar-refractivity contribution in [3.63, 3.8) is 0 Å². The van der Waals surface area contributed by atoms with Crippen LogP contribution < -0.4 is 5.02 Å². The van der Waals surface area contributed by atoms with Gasteiger partial charge in [0, 0.05) is 7.48 Å². The molecule has 0 atom stereocenters. The third kappa shape index (κ3) is 9.23. The van der Waals surface area contributed by atoms with E-state index in [0.717, 1.165) is 12.7 Å². The van der Waals surface area contributed by atoms with Gasteiger partial charge in [0.1, 0.15) is 0 Å². The van der Waals surface area contributed by atoms with E-state index in [4.69, 9.17) is 0 Å². The topological polar surface area (TPSA) is 23.1 Å². The summed E-state index contributed by atoms with van der Waals surface area (Å²) in [6.45, 7) is 16.4.